The number of hydrogen-bond donors (Lipinski definition) is 0. The van der Waals surface area contributed by atoms with Crippen LogP contribution in [0.4, 0.5) is 11.4 Å². The monoisotopic (exact) mass is 411 g/mol. The van der Waals surface area contributed by atoms with E-state index in [2.05, 4.69) is 0 Å². The highest BCUT2D eigenvalue weighted by atomic mass is 16.6. The Bertz CT molecular complexity index is 1040. The van der Waals surface area contributed by atoms with E-state index >= 15 is 0 Å². The maximum Gasteiger partial charge on any atom is 0.308 e. The van der Waals surface area contributed by atoms with Crippen LogP contribution in [0.15, 0.2) is 48.5 Å². The number of carbonyl (C=O) groups is 4. The zero-order valence-electron chi connectivity index (χ0n) is 15.9. The topological polar surface area (TPSA) is 127 Å². The van der Waals surface area contributed by atoms with Gasteiger partial charge in [-0.2, -0.15) is 0 Å². The molecule has 0 radical (unpaired) electrons. The molecule has 10 nitrogen and oxygen atoms in total. The molecule has 2 aromatic carbocycles. The fourth-order valence-corrected chi connectivity index (χ4v) is 2.98. The van der Waals surface area contributed by atoms with Crippen LogP contribution in [-0.4, -0.2) is 53.7 Å². The summed E-state index contributed by atoms with van der Waals surface area (Å²) in [4.78, 5) is 61.4. The zero-order chi connectivity index (χ0) is 21.8. The van der Waals surface area contributed by atoms with Crippen molar-refractivity contribution in [3.63, 3.8) is 0 Å². The van der Waals surface area contributed by atoms with E-state index in [9.17, 15) is 29.3 Å². The van der Waals surface area contributed by atoms with E-state index in [1.54, 1.807) is 30.3 Å². The lowest BCUT2D eigenvalue weighted by atomic mass is 10.1. The van der Waals surface area contributed by atoms with E-state index < -0.39 is 40.9 Å². The third-order valence-corrected chi connectivity index (χ3v) is 4.59. The van der Waals surface area contributed by atoms with Crippen LogP contribution >= 0.6 is 0 Å². The van der Waals surface area contributed by atoms with Crippen molar-refractivity contribution in [2.24, 2.45) is 0 Å². The number of nitrogens with zero attached hydrogens (tertiary/aromatic N) is 3. The highest BCUT2D eigenvalue weighted by Gasteiger charge is 2.40. The molecule has 10 heteroatoms. The molecule has 1 aliphatic heterocycles. The molecule has 0 unspecified atom stereocenters. The average Bonchev–Trinajstić information content (AvgIpc) is 3.00. The van der Waals surface area contributed by atoms with Gasteiger partial charge in [0.1, 0.15) is 5.56 Å². The maximum atomic E-state index is 12.4. The number of ether oxygens (including phenoxy) is 1. The van der Waals surface area contributed by atoms with Crippen molar-refractivity contribution >= 4 is 35.1 Å². The highest BCUT2D eigenvalue weighted by Crippen LogP contribution is 2.30. The molecule has 0 aromatic heterocycles. The van der Waals surface area contributed by atoms with Crippen LogP contribution in [0.1, 0.15) is 27.1 Å². The summed E-state index contributed by atoms with van der Waals surface area (Å²) in [6.45, 7) is -0.817. The van der Waals surface area contributed by atoms with Crippen molar-refractivity contribution < 1.29 is 28.8 Å². The smallest absolute Gasteiger partial charge is 0.308 e. The van der Waals surface area contributed by atoms with Gasteiger partial charge in [0.25, 0.3) is 23.4 Å². The molecule has 0 spiro atoms. The van der Waals surface area contributed by atoms with Crippen LogP contribution < -0.4 is 4.90 Å². The molecule has 3 rings (SSSR count). The van der Waals surface area contributed by atoms with E-state index in [0.29, 0.717) is 5.69 Å². The fourth-order valence-electron chi connectivity index (χ4n) is 2.98. The Morgan fingerprint density at radius 1 is 1.07 bits per heavy atom. The molecule has 0 atom stereocenters. The van der Waals surface area contributed by atoms with Crippen molar-refractivity contribution in [3.8, 4) is 0 Å². The van der Waals surface area contributed by atoms with Gasteiger partial charge in [0.2, 0.25) is 0 Å². The number of fused-ring (bicyclic) bond motifs is 1. The Labute approximate surface area is 170 Å². The predicted octanol–water partition coefficient (Wildman–Crippen LogP) is 1.79. The lowest BCUT2D eigenvalue weighted by Crippen LogP contribution is -2.34. The summed E-state index contributed by atoms with van der Waals surface area (Å²) < 4.78 is 4.93. The maximum absolute atomic E-state index is 12.4. The number of amides is 3. The molecule has 0 bridgehead atoms. The van der Waals surface area contributed by atoms with Crippen molar-refractivity contribution in [2.45, 2.75) is 6.42 Å². The molecule has 1 aliphatic rings. The van der Waals surface area contributed by atoms with Gasteiger partial charge in [-0.05, 0) is 18.2 Å². The van der Waals surface area contributed by atoms with Gasteiger partial charge in [-0.3, -0.25) is 34.2 Å². The Hall–Kier alpha value is -4.08. The first-order valence-corrected chi connectivity index (χ1v) is 8.92. The molecule has 154 valence electrons. The number of hydrogen-bond acceptors (Lipinski definition) is 7. The third kappa shape index (κ3) is 4.02. The van der Waals surface area contributed by atoms with Crippen molar-refractivity contribution in [3.05, 3.63) is 69.8 Å². The van der Waals surface area contributed by atoms with Crippen LogP contribution in [0.25, 0.3) is 0 Å². The fraction of sp³-hybridized carbons (Fsp3) is 0.200. The largest absolute Gasteiger partial charge is 0.455 e. The van der Waals surface area contributed by atoms with E-state index in [1.165, 1.54) is 24.1 Å². The average molecular weight is 411 g/mol. The van der Waals surface area contributed by atoms with Crippen LogP contribution in [0, 0.1) is 10.1 Å². The van der Waals surface area contributed by atoms with Crippen molar-refractivity contribution in [1.82, 2.24) is 4.90 Å². The van der Waals surface area contributed by atoms with E-state index in [4.69, 9.17) is 4.74 Å². The van der Waals surface area contributed by atoms with Gasteiger partial charge in [0.15, 0.2) is 6.61 Å². The highest BCUT2D eigenvalue weighted by molar-refractivity contribution is 6.23. The zero-order valence-corrected chi connectivity index (χ0v) is 15.9. The van der Waals surface area contributed by atoms with Gasteiger partial charge in [0.05, 0.1) is 16.9 Å². The number of para-hydroxylation sites is 1. The Balaban J connectivity index is 1.56. The number of nitro benzene ring substituents is 1. The van der Waals surface area contributed by atoms with Crippen molar-refractivity contribution in [2.75, 3.05) is 25.1 Å². The van der Waals surface area contributed by atoms with Crippen molar-refractivity contribution in [1.29, 1.82) is 0 Å². The summed E-state index contributed by atoms with van der Waals surface area (Å²) in [7, 11) is 1.54. The number of anilines is 1. The van der Waals surface area contributed by atoms with E-state index in [-0.39, 0.29) is 24.1 Å². The van der Waals surface area contributed by atoms with Crippen LogP contribution in [0.3, 0.4) is 0 Å². The van der Waals surface area contributed by atoms with E-state index in [0.717, 1.165) is 11.0 Å². The summed E-state index contributed by atoms with van der Waals surface area (Å²) >= 11 is 0. The molecule has 2 aromatic rings. The lowest BCUT2D eigenvalue weighted by molar-refractivity contribution is -0.385. The second-order valence-electron chi connectivity index (χ2n) is 6.42. The van der Waals surface area contributed by atoms with Gasteiger partial charge >= 0.3 is 5.97 Å². The molecule has 0 fully saturated rings. The standard InChI is InChI=1S/C20H17N3O7/c1-21(13-6-3-2-4-7-13)16(24)12-30-17(25)10-11-22-19(26)14-8-5-9-15(23(28)29)18(14)20(22)27/h2-9H,10-12H2,1H3. The van der Waals surface area contributed by atoms with Gasteiger partial charge in [-0.1, -0.05) is 24.3 Å². The van der Waals surface area contributed by atoms with Gasteiger partial charge in [-0.25, -0.2) is 0 Å². The minimum Gasteiger partial charge on any atom is -0.455 e. The number of esters is 1. The molecule has 1 heterocycles. The number of likely N-dealkylation sites (N-methyl/N-ethyl adjacent to an activating group) is 1. The Morgan fingerprint density at radius 2 is 1.77 bits per heavy atom. The minimum absolute atomic E-state index is 0.0813. The summed E-state index contributed by atoms with van der Waals surface area (Å²) in [5.41, 5.74) is -0.209. The molecule has 0 saturated heterocycles. The molecule has 0 N–H and O–H groups in total. The van der Waals surface area contributed by atoms with Crippen LogP contribution in [0.5, 0.6) is 0 Å². The van der Waals surface area contributed by atoms with Crippen LogP contribution in [0.2, 0.25) is 0 Å². The lowest BCUT2D eigenvalue weighted by Gasteiger charge is -2.17. The van der Waals surface area contributed by atoms with E-state index in [1.807, 2.05) is 0 Å². The molecule has 3 amide bonds. The quantitative estimate of drug-likeness (QED) is 0.294. The predicted molar refractivity (Wildman–Crippen MR) is 104 cm³/mol. The first kappa shape index (κ1) is 20.6. The Kier molecular flexibility index (Phi) is 5.86. The second kappa shape index (κ2) is 8.52. The van der Waals surface area contributed by atoms with Crippen LogP contribution in [-0.2, 0) is 14.3 Å². The van der Waals surface area contributed by atoms with Gasteiger partial charge in [0, 0.05) is 25.3 Å². The number of carbonyl (C=O) groups excluding carboxylic acids is 4. The molecule has 0 saturated carbocycles. The van der Waals surface area contributed by atoms with Gasteiger partial charge in [-0.15, -0.1) is 0 Å². The number of benzene rings is 2. The normalized spacial score (nSPS) is 12.5. The number of nitro groups is 1. The number of imide groups is 1. The molecular weight excluding hydrogens is 394 g/mol. The summed E-state index contributed by atoms with van der Waals surface area (Å²) in [5.74, 6) is -2.79. The Morgan fingerprint density at radius 3 is 2.43 bits per heavy atom. The second-order valence-corrected chi connectivity index (χ2v) is 6.42. The first-order valence-electron chi connectivity index (χ1n) is 8.92. The summed E-state index contributed by atoms with van der Waals surface area (Å²) in [6, 6.07) is 12.5. The molecule has 0 aliphatic carbocycles. The molecule has 30 heavy (non-hydrogen) atoms. The summed E-state index contributed by atoms with van der Waals surface area (Å²) in [5, 5.41) is 11.1. The van der Waals surface area contributed by atoms with Gasteiger partial charge < -0.3 is 9.64 Å². The third-order valence-electron chi connectivity index (χ3n) is 4.59. The minimum atomic E-state index is -0.838. The summed E-state index contributed by atoms with van der Waals surface area (Å²) in [6.07, 6.45) is -0.346. The number of rotatable bonds is 7. The first-order chi connectivity index (χ1) is 14.3. The molecular formula is C20H17N3O7. The SMILES string of the molecule is CN(C(=O)COC(=O)CCN1C(=O)c2cccc([N+](=O)[O-])c2C1=O)c1ccccc1.